The number of halogens is 1. The summed E-state index contributed by atoms with van der Waals surface area (Å²) in [5.74, 6) is 0.677. The maximum Gasteiger partial charge on any atom is 0.140 e. The molecular formula is C30H43ClO2. The van der Waals surface area contributed by atoms with Crippen molar-refractivity contribution in [1.29, 1.82) is 0 Å². The van der Waals surface area contributed by atoms with E-state index in [1.807, 2.05) is 25.1 Å². The molecule has 0 saturated carbocycles. The van der Waals surface area contributed by atoms with Crippen LogP contribution in [0.5, 0.6) is 0 Å². The van der Waals surface area contributed by atoms with Gasteiger partial charge in [-0.2, -0.15) is 0 Å². The van der Waals surface area contributed by atoms with Crippen LogP contribution in [0.1, 0.15) is 81.7 Å². The van der Waals surface area contributed by atoms with E-state index in [9.17, 15) is 4.79 Å². The average Bonchev–Trinajstić information content (AvgIpc) is 2.73. The lowest BCUT2D eigenvalue weighted by atomic mass is 9.78. The zero-order valence-electron chi connectivity index (χ0n) is 21.9. The first-order valence-electron chi connectivity index (χ1n) is 12.3. The molecule has 0 spiro atoms. The van der Waals surface area contributed by atoms with Crippen molar-refractivity contribution in [3.63, 3.8) is 0 Å². The third-order valence-corrected chi connectivity index (χ3v) is 7.20. The lowest BCUT2D eigenvalue weighted by Crippen LogP contribution is -2.29. The summed E-state index contributed by atoms with van der Waals surface area (Å²) in [6.45, 7) is 16.0. The minimum atomic E-state index is -0.115. The molecule has 0 fully saturated rings. The van der Waals surface area contributed by atoms with Crippen LogP contribution in [0.4, 0.5) is 0 Å². The van der Waals surface area contributed by atoms with E-state index in [0.29, 0.717) is 24.0 Å². The van der Waals surface area contributed by atoms with Gasteiger partial charge in [0.1, 0.15) is 5.78 Å². The third kappa shape index (κ3) is 7.97. The van der Waals surface area contributed by atoms with Crippen LogP contribution < -0.4 is 0 Å². The Kier molecular flexibility index (Phi) is 10.2. The smallest absolute Gasteiger partial charge is 0.140 e. The lowest BCUT2D eigenvalue weighted by molar-refractivity contribution is -0.124. The van der Waals surface area contributed by atoms with Crippen molar-refractivity contribution < 1.29 is 9.53 Å². The van der Waals surface area contributed by atoms with Gasteiger partial charge < -0.3 is 4.74 Å². The number of ether oxygens (including phenoxy) is 1. The SMILES string of the molecule is COC[C@@H](Cc1c(CCC(C)(C)C)cccc1C(C)C)C(C)C(=O)Cc1c(C)cccc1Cl. The van der Waals surface area contributed by atoms with Crippen LogP contribution in [0.15, 0.2) is 36.4 Å². The minimum Gasteiger partial charge on any atom is -0.384 e. The predicted molar refractivity (Wildman–Crippen MR) is 141 cm³/mol. The Morgan fingerprint density at radius 3 is 2.27 bits per heavy atom. The summed E-state index contributed by atoms with van der Waals surface area (Å²) in [5, 5.41) is 0.675. The molecule has 0 N–H and O–H groups in total. The number of carbonyl (C=O) groups is 1. The zero-order chi connectivity index (χ0) is 24.8. The molecule has 0 saturated heterocycles. The molecule has 2 rings (SSSR count). The highest BCUT2D eigenvalue weighted by molar-refractivity contribution is 6.31. The molecule has 2 aromatic carbocycles. The van der Waals surface area contributed by atoms with E-state index in [4.69, 9.17) is 16.3 Å². The van der Waals surface area contributed by atoms with Gasteiger partial charge in [0.2, 0.25) is 0 Å². The highest BCUT2D eigenvalue weighted by Crippen LogP contribution is 2.32. The molecule has 0 aliphatic heterocycles. The summed E-state index contributed by atoms with van der Waals surface area (Å²) in [6, 6.07) is 12.5. The van der Waals surface area contributed by atoms with Crippen LogP contribution in [0, 0.1) is 24.2 Å². The maximum absolute atomic E-state index is 13.4. The molecule has 33 heavy (non-hydrogen) atoms. The molecule has 2 nitrogen and oxygen atoms in total. The fourth-order valence-corrected chi connectivity index (χ4v) is 4.82. The Hall–Kier alpha value is -1.64. The molecule has 0 aromatic heterocycles. The number of ketones is 1. The first kappa shape index (κ1) is 27.6. The molecular weight excluding hydrogens is 428 g/mol. The highest BCUT2D eigenvalue weighted by Gasteiger charge is 2.27. The molecule has 2 atom stereocenters. The van der Waals surface area contributed by atoms with Gasteiger partial charge in [-0.05, 0) is 77.3 Å². The van der Waals surface area contributed by atoms with Crippen molar-refractivity contribution in [2.24, 2.45) is 17.3 Å². The molecule has 1 unspecified atom stereocenters. The lowest BCUT2D eigenvalue weighted by Gasteiger charge is -2.27. The number of methoxy groups -OCH3 is 1. The van der Waals surface area contributed by atoms with E-state index in [1.54, 1.807) is 7.11 Å². The van der Waals surface area contributed by atoms with Crippen molar-refractivity contribution in [1.82, 2.24) is 0 Å². The van der Waals surface area contributed by atoms with Gasteiger partial charge in [-0.1, -0.05) is 83.5 Å². The number of Topliss-reactive ketones (excluding diaryl/α,β-unsaturated/α-hetero) is 1. The van der Waals surface area contributed by atoms with Gasteiger partial charge in [-0.25, -0.2) is 0 Å². The Morgan fingerprint density at radius 2 is 1.70 bits per heavy atom. The average molecular weight is 471 g/mol. The highest BCUT2D eigenvalue weighted by atomic mass is 35.5. The van der Waals surface area contributed by atoms with E-state index < -0.39 is 0 Å². The third-order valence-electron chi connectivity index (χ3n) is 6.84. The molecule has 0 aliphatic carbocycles. The monoisotopic (exact) mass is 470 g/mol. The van der Waals surface area contributed by atoms with E-state index in [1.165, 1.54) is 16.7 Å². The van der Waals surface area contributed by atoms with Crippen molar-refractivity contribution in [2.75, 3.05) is 13.7 Å². The van der Waals surface area contributed by atoms with Crippen LogP contribution in [0.3, 0.4) is 0 Å². The fourth-order valence-electron chi connectivity index (χ4n) is 4.53. The zero-order valence-corrected chi connectivity index (χ0v) is 22.7. The summed E-state index contributed by atoms with van der Waals surface area (Å²) >= 11 is 6.42. The second kappa shape index (κ2) is 12.2. The molecule has 0 amide bonds. The van der Waals surface area contributed by atoms with Crippen LogP contribution in [0.25, 0.3) is 0 Å². The first-order valence-corrected chi connectivity index (χ1v) is 12.7. The van der Waals surface area contributed by atoms with Crippen molar-refractivity contribution >= 4 is 17.4 Å². The second-order valence-corrected chi connectivity index (χ2v) is 11.5. The maximum atomic E-state index is 13.4. The first-order chi connectivity index (χ1) is 15.4. The van der Waals surface area contributed by atoms with Gasteiger partial charge in [0.25, 0.3) is 0 Å². The number of hydrogen-bond donors (Lipinski definition) is 0. The summed E-state index contributed by atoms with van der Waals surface area (Å²) < 4.78 is 5.62. The summed E-state index contributed by atoms with van der Waals surface area (Å²) in [5.41, 5.74) is 6.52. The molecule has 0 aliphatic rings. The standard InChI is InChI=1S/C30H43ClO2/c1-20(2)25-13-10-12-23(15-16-30(5,6)7)27(25)17-24(19-33-8)22(4)29(32)18-26-21(3)11-9-14-28(26)31/h9-14,20,22,24H,15-19H2,1-8H3/t22?,24-/m1/s1. The van der Waals surface area contributed by atoms with Crippen molar-refractivity contribution in [3.8, 4) is 0 Å². The van der Waals surface area contributed by atoms with Gasteiger partial charge in [0, 0.05) is 24.5 Å². The van der Waals surface area contributed by atoms with Gasteiger partial charge in [0.05, 0.1) is 6.61 Å². The van der Waals surface area contributed by atoms with E-state index in [0.717, 1.165) is 30.4 Å². The van der Waals surface area contributed by atoms with E-state index in [-0.39, 0.29) is 23.0 Å². The summed E-state index contributed by atoms with van der Waals surface area (Å²) in [4.78, 5) is 13.4. The normalized spacial score (nSPS) is 13.9. The fraction of sp³-hybridized carbons (Fsp3) is 0.567. The summed E-state index contributed by atoms with van der Waals surface area (Å²) in [7, 11) is 1.73. The van der Waals surface area contributed by atoms with Gasteiger partial charge in [-0.15, -0.1) is 0 Å². The largest absolute Gasteiger partial charge is 0.384 e. The summed E-state index contributed by atoms with van der Waals surface area (Å²) in [6.07, 6.45) is 3.42. The number of aryl methyl sites for hydroxylation is 2. The topological polar surface area (TPSA) is 26.3 Å². The number of rotatable bonds is 11. The number of hydrogen-bond acceptors (Lipinski definition) is 2. The number of carbonyl (C=O) groups excluding carboxylic acids is 1. The Morgan fingerprint density at radius 1 is 1.03 bits per heavy atom. The molecule has 0 radical (unpaired) electrons. The Labute approximate surface area is 207 Å². The quantitative estimate of drug-likeness (QED) is 0.332. The van der Waals surface area contributed by atoms with Crippen molar-refractivity contribution in [2.45, 2.75) is 80.1 Å². The molecule has 0 heterocycles. The van der Waals surface area contributed by atoms with E-state index >= 15 is 0 Å². The van der Waals surface area contributed by atoms with Gasteiger partial charge in [-0.3, -0.25) is 4.79 Å². The van der Waals surface area contributed by atoms with E-state index in [2.05, 4.69) is 59.7 Å². The van der Waals surface area contributed by atoms with Crippen LogP contribution in [0.2, 0.25) is 5.02 Å². The predicted octanol–water partition coefficient (Wildman–Crippen LogP) is 8.00. The number of benzene rings is 2. The van der Waals surface area contributed by atoms with Crippen LogP contribution in [-0.4, -0.2) is 19.5 Å². The van der Waals surface area contributed by atoms with Crippen molar-refractivity contribution in [3.05, 3.63) is 69.2 Å². The van der Waals surface area contributed by atoms with Crippen LogP contribution in [-0.2, 0) is 28.8 Å². The Bertz CT molecular complexity index is 903. The molecule has 0 bridgehead atoms. The Balaban J connectivity index is 2.33. The van der Waals surface area contributed by atoms with Gasteiger partial charge >= 0.3 is 0 Å². The minimum absolute atomic E-state index is 0.115. The molecule has 182 valence electrons. The van der Waals surface area contributed by atoms with Gasteiger partial charge in [0.15, 0.2) is 0 Å². The second-order valence-electron chi connectivity index (χ2n) is 11.1. The molecule has 2 aromatic rings. The molecule has 3 heteroatoms. The van der Waals surface area contributed by atoms with Crippen LogP contribution >= 0.6 is 11.6 Å².